The SMILES string of the molecule is O=C(Nc1ccc(OC(F)F)cc1)Nc1cccc(-c2ccc3ncccc3c2)c1. The smallest absolute Gasteiger partial charge is 0.387 e. The zero-order valence-electron chi connectivity index (χ0n) is 15.7. The molecule has 1 aromatic heterocycles. The molecule has 0 aliphatic heterocycles. The third-order valence-electron chi connectivity index (χ3n) is 4.39. The second-order valence-corrected chi connectivity index (χ2v) is 6.47. The summed E-state index contributed by atoms with van der Waals surface area (Å²) in [5.74, 6) is 0.0224. The zero-order chi connectivity index (χ0) is 20.9. The van der Waals surface area contributed by atoms with Crippen LogP contribution in [0.1, 0.15) is 0 Å². The van der Waals surface area contributed by atoms with Gasteiger partial charge in [-0.1, -0.05) is 24.3 Å². The van der Waals surface area contributed by atoms with Crippen molar-refractivity contribution in [2.75, 3.05) is 10.6 Å². The highest BCUT2D eigenvalue weighted by molar-refractivity contribution is 6.00. The molecular weight excluding hydrogens is 388 g/mol. The van der Waals surface area contributed by atoms with E-state index in [1.807, 2.05) is 48.5 Å². The Morgan fingerprint density at radius 3 is 2.40 bits per heavy atom. The lowest BCUT2D eigenvalue weighted by Crippen LogP contribution is -2.19. The Morgan fingerprint density at radius 2 is 1.60 bits per heavy atom. The summed E-state index contributed by atoms with van der Waals surface area (Å²) in [4.78, 5) is 16.6. The number of nitrogens with one attached hydrogen (secondary N) is 2. The molecule has 0 unspecified atom stereocenters. The van der Waals surface area contributed by atoms with E-state index in [4.69, 9.17) is 0 Å². The summed E-state index contributed by atoms with van der Waals surface area (Å²) >= 11 is 0. The Morgan fingerprint density at radius 1 is 0.833 bits per heavy atom. The maximum atomic E-state index is 12.3. The summed E-state index contributed by atoms with van der Waals surface area (Å²) in [5.41, 5.74) is 3.95. The average Bonchev–Trinajstić information content (AvgIpc) is 2.74. The van der Waals surface area contributed by atoms with Crippen molar-refractivity contribution in [3.63, 3.8) is 0 Å². The van der Waals surface area contributed by atoms with Crippen LogP contribution in [0.25, 0.3) is 22.0 Å². The van der Waals surface area contributed by atoms with Crippen molar-refractivity contribution in [3.05, 3.63) is 85.1 Å². The fraction of sp³-hybridized carbons (Fsp3) is 0.0435. The largest absolute Gasteiger partial charge is 0.435 e. The van der Waals surface area contributed by atoms with Crippen LogP contribution >= 0.6 is 0 Å². The van der Waals surface area contributed by atoms with Gasteiger partial charge in [-0.05, 0) is 65.7 Å². The molecule has 0 aliphatic carbocycles. The number of alkyl halides is 2. The van der Waals surface area contributed by atoms with Crippen LogP contribution in [0.4, 0.5) is 25.0 Å². The van der Waals surface area contributed by atoms with Gasteiger partial charge < -0.3 is 15.4 Å². The zero-order valence-corrected chi connectivity index (χ0v) is 15.7. The maximum Gasteiger partial charge on any atom is 0.387 e. The van der Waals surface area contributed by atoms with Crippen LogP contribution < -0.4 is 15.4 Å². The van der Waals surface area contributed by atoms with Crippen molar-refractivity contribution in [2.45, 2.75) is 6.61 Å². The fourth-order valence-corrected chi connectivity index (χ4v) is 3.04. The molecule has 0 saturated carbocycles. The van der Waals surface area contributed by atoms with E-state index in [-0.39, 0.29) is 5.75 Å². The van der Waals surface area contributed by atoms with Gasteiger partial charge in [0.1, 0.15) is 5.75 Å². The Balaban J connectivity index is 1.45. The molecule has 150 valence electrons. The molecule has 3 aromatic carbocycles. The normalized spacial score (nSPS) is 10.8. The van der Waals surface area contributed by atoms with Crippen molar-refractivity contribution in [1.29, 1.82) is 0 Å². The van der Waals surface area contributed by atoms with Crippen molar-refractivity contribution >= 4 is 28.3 Å². The number of rotatable bonds is 5. The van der Waals surface area contributed by atoms with Gasteiger partial charge in [0.25, 0.3) is 0 Å². The Hall–Kier alpha value is -4.00. The number of amides is 2. The van der Waals surface area contributed by atoms with Crippen molar-refractivity contribution in [3.8, 4) is 16.9 Å². The van der Waals surface area contributed by atoms with Gasteiger partial charge in [-0.15, -0.1) is 0 Å². The van der Waals surface area contributed by atoms with Crippen molar-refractivity contribution in [2.24, 2.45) is 0 Å². The quantitative estimate of drug-likeness (QED) is 0.419. The molecule has 2 amide bonds. The molecular formula is C23H17F2N3O2. The molecule has 0 saturated heterocycles. The van der Waals surface area contributed by atoms with E-state index in [1.54, 1.807) is 12.3 Å². The van der Waals surface area contributed by atoms with Gasteiger partial charge in [-0.2, -0.15) is 8.78 Å². The van der Waals surface area contributed by atoms with Crippen LogP contribution in [0.3, 0.4) is 0 Å². The van der Waals surface area contributed by atoms with Gasteiger partial charge in [0.05, 0.1) is 5.52 Å². The lowest BCUT2D eigenvalue weighted by molar-refractivity contribution is -0.0498. The summed E-state index contributed by atoms with van der Waals surface area (Å²) in [5, 5.41) is 6.46. The first-order chi connectivity index (χ1) is 14.6. The van der Waals surface area contributed by atoms with Gasteiger partial charge in [0.15, 0.2) is 0 Å². The standard InChI is InChI=1S/C23H17F2N3O2/c24-22(25)30-20-9-7-18(8-10-20)27-23(29)28-19-5-1-3-15(14-19)16-6-11-21-17(13-16)4-2-12-26-21/h1-14,22H,(H2,27,28,29). The van der Waals surface area contributed by atoms with Crippen molar-refractivity contribution in [1.82, 2.24) is 4.98 Å². The van der Waals surface area contributed by atoms with Crippen molar-refractivity contribution < 1.29 is 18.3 Å². The third kappa shape index (κ3) is 4.70. The van der Waals surface area contributed by atoms with E-state index in [0.717, 1.165) is 22.0 Å². The van der Waals surface area contributed by atoms with Crippen LogP contribution in [0.2, 0.25) is 0 Å². The van der Waals surface area contributed by atoms with Crippen LogP contribution in [-0.4, -0.2) is 17.6 Å². The summed E-state index contributed by atoms with van der Waals surface area (Å²) in [6.45, 7) is -2.89. The Bertz CT molecular complexity index is 1180. The van der Waals surface area contributed by atoms with Gasteiger partial charge >= 0.3 is 12.6 Å². The number of hydrogen-bond acceptors (Lipinski definition) is 3. The molecule has 1 heterocycles. The summed E-state index contributed by atoms with van der Waals surface area (Å²) in [6.07, 6.45) is 1.75. The number of aromatic nitrogens is 1. The predicted molar refractivity (Wildman–Crippen MR) is 113 cm³/mol. The first-order valence-corrected chi connectivity index (χ1v) is 9.15. The second kappa shape index (κ2) is 8.57. The molecule has 0 bridgehead atoms. The van der Waals surface area contributed by atoms with Gasteiger partial charge in [0.2, 0.25) is 0 Å². The molecule has 0 aliphatic rings. The van der Waals surface area contributed by atoms with Gasteiger partial charge in [-0.25, -0.2) is 4.79 Å². The summed E-state index contributed by atoms with van der Waals surface area (Å²) in [6, 6.07) is 22.6. The topological polar surface area (TPSA) is 63.2 Å². The number of ether oxygens (including phenoxy) is 1. The minimum Gasteiger partial charge on any atom is -0.435 e. The number of nitrogens with zero attached hydrogens (tertiary/aromatic N) is 1. The summed E-state index contributed by atoms with van der Waals surface area (Å²) < 4.78 is 28.7. The van der Waals surface area contributed by atoms with E-state index in [9.17, 15) is 13.6 Å². The number of urea groups is 1. The van der Waals surface area contributed by atoms with Crippen LogP contribution in [0.15, 0.2) is 85.1 Å². The van der Waals surface area contributed by atoms with Gasteiger partial charge in [0, 0.05) is 23.0 Å². The molecule has 0 atom stereocenters. The van der Waals surface area contributed by atoms with E-state index in [1.165, 1.54) is 24.3 Å². The van der Waals surface area contributed by atoms with Crippen LogP contribution in [-0.2, 0) is 0 Å². The number of pyridine rings is 1. The number of carbonyl (C=O) groups excluding carboxylic acids is 1. The molecule has 4 aromatic rings. The minimum absolute atomic E-state index is 0.0224. The van der Waals surface area contributed by atoms with E-state index in [0.29, 0.717) is 11.4 Å². The molecule has 30 heavy (non-hydrogen) atoms. The molecule has 2 N–H and O–H groups in total. The monoisotopic (exact) mass is 405 g/mol. The highest BCUT2D eigenvalue weighted by Crippen LogP contribution is 2.26. The lowest BCUT2D eigenvalue weighted by Gasteiger charge is -2.10. The van der Waals surface area contributed by atoms with E-state index >= 15 is 0 Å². The third-order valence-corrected chi connectivity index (χ3v) is 4.39. The number of fused-ring (bicyclic) bond motifs is 1. The fourth-order valence-electron chi connectivity index (χ4n) is 3.04. The van der Waals surface area contributed by atoms with E-state index < -0.39 is 12.6 Å². The lowest BCUT2D eigenvalue weighted by atomic mass is 10.0. The molecule has 0 radical (unpaired) electrons. The minimum atomic E-state index is -2.89. The Labute approximate surface area is 171 Å². The number of halogens is 2. The van der Waals surface area contributed by atoms with Gasteiger partial charge in [-0.3, -0.25) is 4.98 Å². The number of anilines is 2. The molecule has 7 heteroatoms. The van der Waals surface area contributed by atoms with Crippen LogP contribution in [0, 0.1) is 0 Å². The summed E-state index contributed by atoms with van der Waals surface area (Å²) in [7, 11) is 0. The highest BCUT2D eigenvalue weighted by Gasteiger charge is 2.07. The molecule has 5 nitrogen and oxygen atoms in total. The number of carbonyl (C=O) groups is 1. The second-order valence-electron chi connectivity index (χ2n) is 6.47. The molecule has 0 spiro atoms. The first-order valence-electron chi connectivity index (χ1n) is 9.15. The van der Waals surface area contributed by atoms with Crippen LogP contribution in [0.5, 0.6) is 5.75 Å². The van der Waals surface area contributed by atoms with E-state index in [2.05, 4.69) is 20.4 Å². The number of benzene rings is 3. The predicted octanol–water partition coefficient (Wildman–Crippen LogP) is 6.15. The highest BCUT2D eigenvalue weighted by atomic mass is 19.3. The maximum absolute atomic E-state index is 12.3. The Kier molecular flexibility index (Phi) is 5.52. The average molecular weight is 405 g/mol. The first kappa shape index (κ1) is 19.3. The molecule has 0 fully saturated rings. The number of hydrogen-bond donors (Lipinski definition) is 2. The molecule has 4 rings (SSSR count).